The molecule has 0 saturated carbocycles. The molecule has 0 aromatic carbocycles. The predicted octanol–water partition coefficient (Wildman–Crippen LogP) is -6.70. The Morgan fingerprint density at radius 1 is 1.29 bits per heavy atom. The van der Waals surface area contributed by atoms with Crippen LogP contribution >= 0.6 is 7.82 Å². The molecule has 0 amide bonds. The maximum atomic E-state index is 8.88. The van der Waals surface area contributed by atoms with E-state index in [4.69, 9.17) is 19.2 Å². The second-order valence-electron chi connectivity index (χ2n) is 0.513. The smallest absolute Gasteiger partial charge is 1.00 e. The predicted molar refractivity (Wildman–Crippen MR) is 16.5 cm³/mol. The van der Waals surface area contributed by atoms with E-state index in [0.717, 1.165) is 0 Å². The third-order valence-electron chi connectivity index (χ3n) is 0. The molecule has 7 heteroatoms. The Bertz CT molecular complexity index is 64.7. The van der Waals surface area contributed by atoms with Crippen molar-refractivity contribution in [2.75, 3.05) is 0 Å². The van der Waals surface area contributed by atoms with Crippen molar-refractivity contribution >= 4 is 7.82 Å². The average Bonchev–Trinajstić information content (AvgIpc) is 0.722. The van der Waals surface area contributed by atoms with Crippen molar-refractivity contribution in [3.05, 3.63) is 0 Å². The van der Waals surface area contributed by atoms with Crippen LogP contribution in [0.5, 0.6) is 0 Å². The third-order valence-corrected chi connectivity index (χ3v) is 0. The molecule has 0 aliphatic carbocycles. The summed E-state index contributed by atoms with van der Waals surface area (Å²) in [6, 6.07) is 0. The topological polar surface area (TPSA) is 77.8 Å². The molecule has 0 fully saturated rings. The molecule has 0 atom stereocenters. The molecule has 36 valence electrons. The Hall–Kier alpha value is 2.34. The fourth-order valence-corrected chi connectivity index (χ4v) is 0. The summed E-state index contributed by atoms with van der Waals surface area (Å²) in [5.41, 5.74) is 0. The van der Waals surface area contributed by atoms with Gasteiger partial charge < -0.3 is 17.5 Å². The van der Waals surface area contributed by atoms with Crippen molar-refractivity contribution in [1.82, 2.24) is 0 Å². The molecular formula is H5KLiO4P. The summed E-state index contributed by atoms with van der Waals surface area (Å²) in [6.07, 6.45) is 0. The molecule has 0 rings (SSSR count). The Balaban J connectivity index is -0.0000000133. The van der Waals surface area contributed by atoms with Gasteiger partial charge in [0, 0.05) is 0 Å². The van der Waals surface area contributed by atoms with E-state index in [0.29, 0.717) is 0 Å². The van der Waals surface area contributed by atoms with Gasteiger partial charge in [-0.2, -0.15) is 0 Å². The van der Waals surface area contributed by atoms with Crippen LogP contribution in [0.2, 0.25) is 0 Å². The molecule has 0 unspecified atom stereocenters. The summed E-state index contributed by atoms with van der Waals surface area (Å²) in [5.74, 6) is 0. The molecule has 7 heavy (non-hydrogen) atoms. The van der Waals surface area contributed by atoms with E-state index in [-0.39, 0.29) is 73.1 Å². The standard InChI is InChI=1S/K.Li.H3O4P.2H/c;;1-5(2,3)4;;/h;;(H3,1,2,3,4);;/q2*+1;;2*-1. The SMILES string of the molecule is O=P(O)(O)O.[H-].[H-].[K+].[Li+]. The molecule has 0 spiro atoms. The van der Waals surface area contributed by atoms with Gasteiger partial charge in [0.1, 0.15) is 0 Å². The van der Waals surface area contributed by atoms with Crippen molar-refractivity contribution in [2.24, 2.45) is 0 Å². The van der Waals surface area contributed by atoms with E-state index in [1.807, 2.05) is 0 Å². The van der Waals surface area contributed by atoms with Gasteiger partial charge in [-0.1, -0.05) is 0 Å². The van der Waals surface area contributed by atoms with Crippen molar-refractivity contribution in [3.8, 4) is 0 Å². The van der Waals surface area contributed by atoms with Gasteiger partial charge >= 0.3 is 78.1 Å². The first-order valence-corrected chi connectivity index (χ1v) is 2.35. The number of hydrogen-bond acceptors (Lipinski definition) is 1. The summed E-state index contributed by atoms with van der Waals surface area (Å²) in [5, 5.41) is 0. The monoisotopic (exact) mass is 146 g/mol. The van der Waals surface area contributed by atoms with E-state index in [1.54, 1.807) is 0 Å². The van der Waals surface area contributed by atoms with Crippen LogP contribution in [-0.2, 0) is 4.57 Å². The Morgan fingerprint density at radius 3 is 1.29 bits per heavy atom. The van der Waals surface area contributed by atoms with Crippen molar-refractivity contribution < 1.29 is 92.3 Å². The normalized spacial score (nSPS) is 8.43. The van der Waals surface area contributed by atoms with Gasteiger partial charge in [-0.05, 0) is 0 Å². The van der Waals surface area contributed by atoms with Gasteiger partial charge in [-0.3, -0.25) is 0 Å². The summed E-state index contributed by atoms with van der Waals surface area (Å²) in [7, 11) is -4.64. The quantitative estimate of drug-likeness (QED) is 0.234. The fraction of sp³-hybridized carbons (Fsp3) is 0. The van der Waals surface area contributed by atoms with Gasteiger partial charge in [0.25, 0.3) is 0 Å². The van der Waals surface area contributed by atoms with Gasteiger partial charge in [0.2, 0.25) is 0 Å². The summed E-state index contributed by atoms with van der Waals surface area (Å²) < 4.78 is 8.88. The van der Waals surface area contributed by atoms with Crippen LogP contribution in [0.15, 0.2) is 0 Å². The van der Waals surface area contributed by atoms with Gasteiger partial charge in [-0.25, -0.2) is 4.57 Å². The molecule has 4 nitrogen and oxygen atoms in total. The van der Waals surface area contributed by atoms with Gasteiger partial charge in [0.05, 0.1) is 0 Å². The van der Waals surface area contributed by atoms with Crippen molar-refractivity contribution in [1.29, 1.82) is 0 Å². The van der Waals surface area contributed by atoms with Crippen molar-refractivity contribution in [3.63, 3.8) is 0 Å². The van der Waals surface area contributed by atoms with Crippen molar-refractivity contribution in [2.45, 2.75) is 0 Å². The maximum Gasteiger partial charge on any atom is 1.00 e. The largest absolute Gasteiger partial charge is 1.00 e. The van der Waals surface area contributed by atoms with Crippen LogP contribution in [-0.4, -0.2) is 14.7 Å². The minimum atomic E-state index is -4.64. The van der Waals surface area contributed by atoms with E-state index in [2.05, 4.69) is 0 Å². The molecule has 0 heterocycles. The van der Waals surface area contributed by atoms with Gasteiger partial charge in [0.15, 0.2) is 0 Å². The second kappa shape index (κ2) is 6.46. The number of rotatable bonds is 0. The minimum Gasteiger partial charge on any atom is -1.00 e. The zero-order chi connectivity index (χ0) is 4.50. The van der Waals surface area contributed by atoms with Crippen LogP contribution in [0.1, 0.15) is 2.85 Å². The number of phosphoric acid groups is 1. The van der Waals surface area contributed by atoms with E-state index >= 15 is 0 Å². The first-order chi connectivity index (χ1) is 2.00. The second-order valence-corrected chi connectivity index (χ2v) is 1.54. The summed E-state index contributed by atoms with van der Waals surface area (Å²) in [6.45, 7) is 0. The zero-order valence-corrected chi connectivity index (χ0v) is 8.21. The average molecular weight is 146 g/mol. The molecule has 0 aliphatic rings. The van der Waals surface area contributed by atoms with Crippen LogP contribution in [0.25, 0.3) is 0 Å². The Kier molecular flexibility index (Phi) is 14.9. The summed E-state index contributed by atoms with van der Waals surface area (Å²) >= 11 is 0. The van der Waals surface area contributed by atoms with Gasteiger partial charge in [-0.15, -0.1) is 0 Å². The Morgan fingerprint density at radius 2 is 1.29 bits per heavy atom. The number of hydrogen-bond donors (Lipinski definition) is 3. The van der Waals surface area contributed by atoms with Crippen LogP contribution in [0.3, 0.4) is 0 Å². The van der Waals surface area contributed by atoms with E-state index in [9.17, 15) is 0 Å². The molecule has 0 bridgehead atoms. The zero-order valence-electron chi connectivity index (χ0n) is 6.20. The first-order valence-electron chi connectivity index (χ1n) is 0.783. The molecule has 0 aromatic rings. The fourth-order valence-electron chi connectivity index (χ4n) is 0. The van der Waals surface area contributed by atoms with E-state index in [1.165, 1.54) is 0 Å². The Labute approximate surface area is 98.5 Å². The molecule has 0 saturated heterocycles. The molecule has 0 aliphatic heterocycles. The summed E-state index contributed by atoms with van der Waals surface area (Å²) in [4.78, 5) is 21.6. The minimum absolute atomic E-state index is 0. The molecular weight excluding hydrogens is 141 g/mol. The van der Waals surface area contributed by atoms with Crippen LogP contribution < -0.4 is 70.2 Å². The van der Waals surface area contributed by atoms with Crippen LogP contribution in [0.4, 0.5) is 0 Å². The third kappa shape index (κ3) is 61.1. The first kappa shape index (κ1) is 16.2. The molecule has 3 N–H and O–H groups in total. The van der Waals surface area contributed by atoms with E-state index < -0.39 is 7.82 Å². The molecule has 0 aromatic heterocycles. The maximum absolute atomic E-state index is 8.88. The molecule has 0 radical (unpaired) electrons. The van der Waals surface area contributed by atoms with Crippen LogP contribution in [0, 0.1) is 0 Å².